The Labute approximate surface area is 79.9 Å². The maximum absolute atomic E-state index is 10.4. The van der Waals surface area contributed by atoms with Crippen LogP contribution in [0.3, 0.4) is 0 Å². The maximum Gasteiger partial charge on any atom is 0.695 e. The molecule has 78 valence electrons. The van der Waals surface area contributed by atoms with Crippen LogP contribution in [-0.4, -0.2) is 21.2 Å². The summed E-state index contributed by atoms with van der Waals surface area (Å²) in [6.45, 7) is 6.84. The van der Waals surface area contributed by atoms with E-state index in [4.69, 9.17) is 9.42 Å². The normalized spacial score (nSPS) is 14.5. The molecular weight excluding hydrogens is 191 g/mol. The Kier molecular flexibility index (Phi) is 4.46. The van der Waals surface area contributed by atoms with Crippen LogP contribution in [0.1, 0.15) is 40.5 Å². The smallest absolute Gasteiger partial charge is 0.390 e. The lowest BCUT2D eigenvalue weighted by atomic mass is 9.94. The van der Waals surface area contributed by atoms with Gasteiger partial charge in [-0.2, -0.15) is 0 Å². The SMILES string of the molecule is CC(C)(O)CCC(C)(C)O[P+](=O)O. The molecule has 0 saturated carbocycles. The molecular formula is C8H18O4P+. The summed E-state index contributed by atoms with van der Waals surface area (Å²) in [5.41, 5.74) is -1.43. The monoisotopic (exact) mass is 209 g/mol. The summed E-state index contributed by atoms with van der Waals surface area (Å²) < 4.78 is 15.2. The summed E-state index contributed by atoms with van der Waals surface area (Å²) in [6, 6.07) is 0. The standard InChI is InChI=1S/C8H17O4P/c1-7(2,9)5-6-8(3,4)12-13(10)11/h9H,5-6H2,1-4H3/p+1. The predicted octanol–water partition coefficient (Wildman–Crippen LogP) is 1.98. The first-order valence-corrected chi connectivity index (χ1v) is 5.33. The average Bonchev–Trinajstić information content (AvgIpc) is 1.79. The van der Waals surface area contributed by atoms with E-state index in [-0.39, 0.29) is 0 Å². The largest absolute Gasteiger partial charge is 0.695 e. The first-order chi connectivity index (χ1) is 5.62. The summed E-state index contributed by atoms with van der Waals surface area (Å²) >= 11 is 0. The van der Waals surface area contributed by atoms with Gasteiger partial charge in [0.05, 0.1) is 5.60 Å². The zero-order chi connectivity index (χ0) is 10.7. The molecule has 0 amide bonds. The van der Waals surface area contributed by atoms with Crippen LogP contribution in [0.15, 0.2) is 0 Å². The maximum atomic E-state index is 10.4. The van der Waals surface area contributed by atoms with Crippen molar-refractivity contribution < 1.29 is 19.1 Å². The average molecular weight is 209 g/mol. The van der Waals surface area contributed by atoms with E-state index < -0.39 is 19.5 Å². The van der Waals surface area contributed by atoms with Crippen molar-refractivity contribution in [1.82, 2.24) is 0 Å². The Balaban J connectivity index is 3.96. The fourth-order valence-corrected chi connectivity index (χ4v) is 1.38. The molecule has 0 aliphatic carbocycles. The second-order valence-corrected chi connectivity index (χ2v) is 5.06. The molecule has 0 aromatic heterocycles. The van der Waals surface area contributed by atoms with Gasteiger partial charge in [-0.25, -0.2) is 0 Å². The molecule has 2 N–H and O–H groups in total. The van der Waals surface area contributed by atoms with Gasteiger partial charge in [0.1, 0.15) is 5.60 Å². The van der Waals surface area contributed by atoms with E-state index in [1.807, 2.05) is 0 Å². The van der Waals surface area contributed by atoms with Crippen molar-refractivity contribution >= 4 is 8.25 Å². The lowest BCUT2D eigenvalue weighted by molar-refractivity contribution is 0.0281. The van der Waals surface area contributed by atoms with Gasteiger partial charge in [0.25, 0.3) is 0 Å². The van der Waals surface area contributed by atoms with Crippen LogP contribution in [-0.2, 0) is 9.09 Å². The van der Waals surface area contributed by atoms with Crippen molar-refractivity contribution in [3.05, 3.63) is 0 Å². The Morgan fingerprint density at radius 1 is 1.23 bits per heavy atom. The summed E-state index contributed by atoms with van der Waals surface area (Å²) in [6.07, 6.45) is 1.07. The molecule has 5 heteroatoms. The molecule has 1 atom stereocenters. The first-order valence-electron chi connectivity index (χ1n) is 4.20. The molecule has 0 saturated heterocycles. The Morgan fingerprint density at radius 2 is 1.69 bits per heavy atom. The molecule has 0 aliphatic rings. The first kappa shape index (κ1) is 13.0. The van der Waals surface area contributed by atoms with Crippen molar-refractivity contribution in [3.8, 4) is 0 Å². The molecule has 13 heavy (non-hydrogen) atoms. The van der Waals surface area contributed by atoms with Gasteiger partial charge in [-0.3, -0.25) is 0 Å². The zero-order valence-electron chi connectivity index (χ0n) is 8.57. The van der Waals surface area contributed by atoms with E-state index in [2.05, 4.69) is 0 Å². The summed E-state index contributed by atoms with van der Waals surface area (Å²) in [7, 11) is -2.57. The highest BCUT2D eigenvalue weighted by Gasteiger charge is 2.32. The van der Waals surface area contributed by atoms with Gasteiger partial charge in [0.2, 0.25) is 0 Å². The van der Waals surface area contributed by atoms with Crippen molar-refractivity contribution in [2.75, 3.05) is 0 Å². The third kappa shape index (κ3) is 8.31. The van der Waals surface area contributed by atoms with Gasteiger partial charge in [0, 0.05) is 4.57 Å². The molecule has 0 fully saturated rings. The van der Waals surface area contributed by atoms with E-state index in [0.717, 1.165) is 0 Å². The minimum absolute atomic E-state index is 0.531. The van der Waals surface area contributed by atoms with Crippen LogP contribution in [0, 0.1) is 0 Å². The molecule has 0 aromatic carbocycles. The highest BCUT2D eigenvalue weighted by Crippen LogP contribution is 2.30. The third-order valence-electron chi connectivity index (χ3n) is 1.66. The molecule has 0 radical (unpaired) electrons. The van der Waals surface area contributed by atoms with E-state index in [1.165, 1.54) is 0 Å². The fraction of sp³-hybridized carbons (Fsp3) is 1.00. The molecule has 1 unspecified atom stereocenters. The topological polar surface area (TPSA) is 66.8 Å². The number of hydrogen-bond donors (Lipinski definition) is 2. The highest BCUT2D eigenvalue weighted by molar-refractivity contribution is 7.32. The number of aliphatic hydroxyl groups is 1. The van der Waals surface area contributed by atoms with Gasteiger partial charge in [-0.15, -0.1) is 9.42 Å². The predicted molar refractivity (Wildman–Crippen MR) is 50.5 cm³/mol. The van der Waals surface area contributed by atoms with Gasteiger partial charge in [0.15, 0.2) is 0 Å². The lowest BCUT2D eigenvalue weighted by Gasteiger charge is -2.22. The van der Waals surface area contributed by atoms with Gasteiger partial charge in [-0.05, 0) is 40.5 Å². The van der Waals surface area contributed by atoms with Crippen molar-refractivity contribution in [2.24, 2.45) is 0 Å². The van der Waals surface area contributed by atoms with Crippen LogP contribution in [0.25, 0.3) is 0 Å². The van der Waals surface area contributed by atoms with Gasteiger partial charge >= 0.3 is 8.25 Å². The van der Waals surface area contributed by atoms with Crippen LogP contribution in [0.2, 0.25) is 0 Å². The van der Waals surface area contributed by atoms with E-state index >= 15 is 0 Å². The molecule has 0 heterocycles. The second kappa shape index (κ2) is 4.47. The molecule has 0 aliphatic heterocycles. The van der Waals surface area contributed by atoms with Crippen LogP contribution in [0.5, 0.6) is 0 Å². The van der Waals surface area contributed by atoms with E-state index in [0.29, 0.717) is 12.8 Å². The van der Waals surface area contributed by atoms with Crippen molar-refractivity contribution in [1.29, 1.82) is 0 Å². The van der Waals surface area contributed by atoms with Crippen molar-refractivity contribution in [2.45, 2.75) is 51.7 Å². The second-order valence-electron chi connectivity index (χ2n) is 4.40. The lowest BCUT2D eigenvalue weighted by Crippen LogP contribution is -2.27. The zero-order valence-corrected chi connectivity index (χ0v) is 9.47. The molecule has 0 spiro atoms. The number of rotatable bonds is 5. The Hall–Kier alpha value is -0.0200. The molecule has 4 nitrogen and oxygen atoms in total. The Bertz CT molecular complexity index is 183. The summed E-state index contributed by atoms with van der Waals surface area (Å²) in [4.78, 5) is 8.54. The quantitative estimate of drug-likeness (QED) is 0.679. The third-order valence-corrected chi connectivity index (χ3v) is 2.31. The fourth-order valence-electron chi connectivity index (χ4n) is 0.864. The summed E-state index contributed by atoms with van der Waals surface area (Å²) in [5, 5.41) is 9.42. The minimum Gasteiger partial charge on any atom is -0.390 e. The van der Waals surface area contributed by atoms with Gasteiger partial charge < -0.3 is 5.11 Å². The molecule has 0 bridgehead atoms. The van der Waals surface area contributed by atoms with Crippen LogP contribution in [0.4, 0.5) is 0 Å². The van der Waals surface area contributed by atoms with E-state index in [9.17, 15) is 9.67 Å². The molecule has 0 aromatic rings. The van der Waals surface area contributed by atoms with Crippen LogP contribution < -0.4 is 0 Å². The summed E-state index contributed by atoms with van der Waals surface area (Å²) in [5.74, 6) is 0. The van der Waals surface area contributed by atoms with Crippen molar-refractivity contribution in [3.63, 3.8) is 0 Å². The molecule has 0 rings (SSSR count). The minimum atomic E-state index is -2.57. The highest BCUT2D eigenvalue weighted by atomic mass is 31.1. The number of hydrogen-bond acceptors (Lipinski definition) is 3. The van der Waals surface area contributed by atoms with Crippen LogP contribution >= 0.6 is 8.25 Å². The Morgan fingerprint density at radius 3 is 2.00 bits per heavy atom. The van der Waals surface area contributed by atoms with E-state index in [1.54, 1.807) is 27.7 Å². The van der Waals surface area contributed by atoms with Gasteiger partial charge in [-0.1, -0.05) is 0 Å².